The molecule has 5 heteroatoms. The molecule has 2 unspecified atom stereocenters. The minimum atomic E-state index is -1.50. The van der Waals surface area contributed by atoms with Crippen LogP contribution >= 0.6 is 0 Å². The minimum absolute atomic E-state index is 0.0150. The molecule has 2 aromatic rings. The van der Waals surface area contributed by atoms with Crippen LogP contribution in [0.1, 0.15) is 37.3 Å². The lowest BCUT2D eigenvalue weighted by Gasteiger charge is -2.50. The fourth-order valence-electron chi connectivity index (χ4n) is 4.24. The average Bonchev–Trinajstić information content (AvgIpc) is 3.00. The lowest BCUT2D eigenvalue weighted by atomic mass is 9.72. The molecule has 0 radical (unpaired) electrons. The number of fused-ring (bicyclic) bond motifs is 1. The van der Waals surface area contributed by atoms with Gasteiger partial charge >= 0.3 is 0 Å². The Labute approximate surface area is 159 Å². The summed E-state index contributed by atoms with van der Waals surface area (Å²) in [5.74, 6) is 0.744. The summed E-state index contributed by atoms with van der Waals surface area (Å²) < 4.78 is 5.80. The van der Waals surface area contributed by atoms with Gasteiger partial charge in [0.15, 0.2) is 0 Å². The van der Waals surface area contributed by atoms with Crippen LogP contribution in [0.3, 0.4) is 0 Å². The second-order valence-electron chi connectivity index (χ2n) is 7.85. The number of benzene rings is 2. The van der Waals surface area contributed by atoms with E-state index in [-0.39, 0.29) is 18.5 Å². The molecule has 0 aliphatic carbocycles. The first-order chi connectivity index (χ1) is 12.9. The van der Waals surface area contributed by atoms with Gasteiger partial charge in [-0.25, -0.2) is 0 Å². The predicted octanol–water partition coefficient (Wildman–Crippen LogP) is 2.60. The number of hydrogen-bond donors (Lipinski definition) is 2. The molecule has 27 heavy (non-hydrogen) atoms. The third kappa shape index (κ3) is 3.22. The molecule has 0 aromatic heterocycles. The standard InChI is InChI=1S/C22H25NO4/c1-21(25)13-18-9-12-20(24)23(18)15-22(21,26)17-7-10-19(11-8-17)27-14-16-5-3-2-4-6-16/h2-8,10-11,18,25-26H,9,12-15H2,1H3/t18-,21?,22?/m0/s1. The van der Waals surface area contributed by atoms with Crippen molar-refractivity contribution in [2.45, 2.75) is 50.0 Å². The van der Waals surface area contributed by atoms with Gasteiger partial charge in [-0.15, -0.1) is 0 Å². The topological polar surface area (TPSA) is 70.0 Å². The van der Waals surface area contributed by atoms with E-state index in [1.165, 1.54) is 0 Å². The van der Waals surface area contributed by atoms with Gasteiger partial charge in [0.2, 0.25) is 5.91 Å². The Hall–Kier alpha value is -2.37. The fourth-order valence-corrected chi connectivity index (χ4v) is 4.24. The third-order valence-electron chi connectivity index (χ3n) is 5.96. The zero-order valence-corrected chi connectivity index (χ0v) is 15.5. The Morgan fingerprint density at radius 3 is 2.52 bits per heavy atom. The SMILES string of the molecule is CC1(O)C[C@@H]2CCC(=O)N2CC1(O)c1ccc(OCc2ccccc2)cc1. The van der Waals surface area contributed by atoms with Gasteiger partial charge in [0.1, 0.15) is 18.0 Å². The van der Waals surface area contributed by atoms with Gasteiger partial charge in [-0.2, -0.15) is 0 Å². The molecule has 2 N–H and O–H groups in total. The van der Waals surface area contributed by atoms with Gasteiger partial charge < -0.3 is 19.8 Å². The normalized spacial score (nSPS) is 30.3. The molecule has 2 aliphatic rings. The molecular formula is C22H25NO4. The second-order valence-corrected chi connectivity index (χ2v) is 7.85. The molecule has 2 aromatic carbocycles. The van der Waals surface area contributed by atoms with Crippen molar-refractivity contribution in [1.82, 2.24) is 4.90 Å². The maximum Gasteiger partial charge on any atom is 0.223 e. The molecule has 142 valence electrons. The van der Waals surface area contributed by atoms with Crippen LogP contribution in [-0.2, 0) is 17.0 Å². The number of ether oxygens (including phenoxy) is 1. The van der Waals surface area contributed by atoms with Crippen LogP contribution in [0.25, 0.3) is 0 Å². The van der Waals surface area contributed by atoms with Crippen LogP contribution in [0.15, 0.2) is 54.6 Å². The summed E-state index contributed by atoms with van der Waals surface area (Å²) in [6, 6.07) is 17.1. The largest absolute Gasteiger partial charge is 0.489 e. The lowest BCUT2D eigenvalue weighted by molar-refractivity contribution is -0.197. The summed E-state index contributed by atoms with van der Waals surface area (Å²) in [7, 11) is 0. The predicted molar refractivity (Wildman–Crippen MR) is 101 cm³/mol. The molecule has 2 heterocycles. The van der Waals surface area contributed by atoms with Gasteiger partial charge in [-0.3, -0.25) is 4.79 Å². The van der Waals surface area contributed by atoms with Gasteiger partial charge in [0, 0.05) is 12.5 Å². The molecule has 2 fully saturated rings. The highest BCUT2D eigenvalue weighted by atomic mass is 16.5. The Morgan fingerprint density at radius 2 is 1.81 bits per heavy atom. The highest BCUT2D eigenvalue weighted by Crippen LogP contribution is 2.45. The van der Waals surface area contributed by atoms with E-state index in [0.717, 1.165) is 12.0 Å². The maximum absolute atomic E-state index is 12.1. The number of nitrogens with zero attached hydrogens (tertiary/aromatic N) is 1. The van der Waals surface area contributed by atoms with Crippen LogP contribution < -0.4 is 4.74 Å². The van der Waals surface area contributed by atoms with E-state index in [9.17, 15) is 15.0 Å². The van der Waals surface area contributed by atoms with E-state index < -0.39 is 11.2 Å². The fraction of sp³-hybridized carbons (Fsp3) is 0.409. The van der Waals surface area contributed by atoms with Crippen molar-refractivity contribution in [3.63, 3.8) is 0 Å². The van der Waals surface area contributed by atoms with Gasteiger partial charge in [0.05, 0.1) is 12.1 Å². The molecule has 1 amide bonds. The number of hydrogen-bond acceptors (Lipinski definition) is 4. The monoisotopic (exact) mass is 367 g/mol. The summed E-state index contributed by atoms with van der Waals surface area (Å²) in [6.45, 7) is 2.24. The minimum Gasteiger partial charge on any atom is -0.489 e. The zero-order chi connectivity index (χ0) is 19.1. The number of amides is 1. The van der Waals surface area contributed by atoms with Crippen molar-refractivity contribution in [3.05, 3.63) is 65.7 Å². The van der Waals surface area contributed by atoms with Crippen LogP contribution in [-0.4, -0.2) is 39.2 Å². The van der Waals surface area contributed by atoms with Gasteiger partial charge in [-0.05, 0) is 43.0 Å². The Bertz CT molecular complexity index is 818. The van der Waals surface area contributed by atoms with Gasteiger partial charge in [-0.1, -0.05) is 42.5 Å². The summed E-state index contributed by atoms with van der Waals surface area (Å²) in [6.07, 6.45) is 1.61. The molecule has 2 saturated heterocycles. The van der Waals surface area contributed by atoms with E-state index in [2.05, 4.69) is 0 Å². The summed E-state index contributed by atoms with van der Waals surface area (Å²) in [4.78, 5) is 13.8. The Kier molecular flexibility index (Phi) is 4.44. The van der Waals surface area contributed by atoms with Crippen molar-refractivity contribution in [3.8, 4) is 5.75 Å². The Morgan fingerprint density at radius 1 is 1.11 bits per heavy atom. The highest BCUT2D eigenvalue weighted by Gasteiger charge is 2.56. The average molecular weight is 367 g/mol. The van der Waals surface area contributed by atoms with E-state index in [0.29, 0.717) is 30.8 Å². The highest BCUT2D eigenvalue weighted by molar-refractivity contribution is 5.79. The molecule has 5 nitrogen and oxygen atoms in total. The number of rotatable bonds is 4. The second kappa shape index (κ2) is 6.66. The van der Waals surface area contributed by atoms with Crippen molar-refractivity contribution in [2.75, 3.05) is 6.54 Å². The van der Waals surface area contributed by atoms with Crippen LogP contribution in [0.2, 0.25) is 0 Å². The molecule has 0 spiro atoms. The third-order valence-corrected chi connectivity index (χ3v) is 5.96. The molecule has 3 atom stereocenters. The van der Waals surface area contributed by atoms with Crippen molar-refractivity contribution in [1.29, 1.82) is 0 Å². The van der Waals surface area contributed by atoms with E-state index in [1.54, 1.807) is 36.1 Å². The van der Waals surface area contributed by atoms with Crippen LogP contribution in [0, 0.1) is 0 Å². The molecule has 0 saturated carbocycles. The number of aliphatic hydroxyl groups is 2. The van der Waals surface area contributed by atoms with Crippen molar-refractivity contribution in [2.24, 2.45) is 0 Å². The molecule has 4 rings (SSSR count). The van der Waals surface area contributed by atoms with E-state index in [4.69, 9.17) is 4.74 Å². The van der Waals surface area contributed by atoms with Crippen molar-refractivity contribution >= 4 is 5.91 Å². The first-order valence-electron chi connectivity index (χ1n) is 9.40. The van der Waals surface area contributed by atoms with E-state index >= 15 is 0 Å². The molecule has 2 aliphatic heterocycles. The van der Waals surface area contributed by atoms with Crippen LogP contribution in [0.5, 0.6) is 5.75 Å². The first-order valence-corrected chi connectivity index (χ1v) is 9.40. The molecule has 0 bridgehead atoms. The number of carbonyl (C=O) groups is 1. The van der Waals surface area contributed by atoms with E-state index in [1.807, 2.05) is 30.3 Å². The lowest BCUT2D eigenvalue weighted by Crippen LogP contribution is -2.63. The number of piperidine rings is 1. The first kappa shape index (κ1) is 18.0. The van der Waals surface area contributed by atoms with Crippen molar-refractivity contribution < 1.29 is 19.7 Å². The molecular weight excluding hydrogens is 342 g/mol. The number of carbonyl (C=O) groups excluding carboxylic acids is 1. The summed E-state index contributed by atoms with van der Waals surface area (Å²) >= 11 is 0. The quantitative estimate of drug-likeness (QED) is 0.872. The van der Waals surface area contributed by atoms with Crippen LogP contribution in [0.4, 0.5) is 0 Å². The summed E-state index contributed by atoms with van der Waals surface area (Å²) in [5.41, 5.74) is -1.13. The Balaban J connectivity index is 1.52. The maximum atomic E-state index is 12.1. The summed E-state index contributed by atoms with van der Waals surface area (Å²) in [5, 5.41) is 22.3. The zero-order valence-electron chi connectivity index (χ0n) is 15.5. The van der Waals surface area contributed by atoms with Gasteiger partial charge in [0.25, 0.3) is 0 Å². The smallest absolute Gasteiger partial charge is 0.223 e.